The van der Waals surface area contributed by atoms with E-state index >= 15 is 0 Å². The van der Waals surface area contributed by atoms with Crippen LogP contribution >= 0.6 is 0 Å². The Balaban J connectivity index is 0. The maximum absolute atomic E-state index is 9.94. The minimum absolute atomic E-state index is 0.0787. The minimum Gasteiger partial charge on any atom is -0.334 e. The molecule has 0 saturated heterocycles. The molecule has 0 aliphatic carbocycles. The molecule has 5 nitrogen and oxygen atoms in total. The Morgan fingerprint density at radius 3 is 1.93 bits per heavy atom. The van der Waals surface area contributed by atoms with E-state index in [1.807, 2.05) is 0 Å². The lowest BCUT2D eigenvalue weighted by Gasteiger charge is -1.90. The number of rotatable bonds is 3. The standard InChI is InChI=1S/C4H7NO.C4H8O3S/c1-3-5-4(2)6;1-4(2)3-8(5,6)7/h3H,1H2,2H3,(H,5,6);1,3H2,2H3,(H,5,6,7). The van der Waals surface area contributed by atoms with Crippen molar-refractivity contribution in [2.45, 2.75) is 13.8 Å². The van der Waals surface area contributed by atoms with Gasteiger partial charge in [-0.15, -0.1) is 0 Å². The first-order valence-electron chi connectivity index (χ1n) is 3.66. The number of hydrogen-bond acceptors (Lipinski definition) is 3. The van der Waals surface area contributed by atoms with Gasteiger partial charge in [0.2, 0.25) is 5.91 Å². The SMILES string of the molecule is C=C(C)CS(=O)(=O)O.C=CNC(C)=O. The summed E-state index contributed by atoms with van der Waals surface area (Å²) in [6, 6.07) is 0. The van der Waals surface area contributed by atoms with E-state index in [1.54, 1.807) is 0 Å². The van der Waals surface area contributed by atoms with E-state index in [0.717, 1.165) is 0 Å². The van der Waals surface area contributed by atoms with Crippen LogP contribution in [0.25, 0.3) is 0 Å². The molecule has 1 amide bonds. The van der Waals surface area contributed by atoms with Crippen LogP contribution in [0.15, 0.2) is 24.9 Å². The minimum atomic E-state index is -3.82. The fraction of sp³-hybridized carbons (Fsp3) is 0.375. The monoisotopic (exact) mass is 221 g/mol. The zero-order valence-corrected chi connectivity index (χ0v) is 9.10. The van der Waals surface area contributed by atoms with E-state index in [0.29, 0.717) is 5.57 Å². The predicted molar refractivity (Wildman–Crippen MR) is 55.2 cm³/mol. The molecule has 0 bridgehead atoms. The van der Waals surface area contributed by atoms with E-state index < -0.39 is 10.1 Å². The lowest BCUT2D eigenvalue weighted by Crippen LogP contribution is -2.10. The molecular formula is C8H15NO4S. The molecule has 0 aliphatic rings. The Hall–Kier alpha value is -1.14. The van der Waals surface area contributed by atoms with Crippen LogP contribution in [0.3, 0.4) is 0 Å². The van der Waals surface area contributed by atoms with Gasteiger partial charge in [0.1, 0.15) is 0 Å². The highest BCUT2D eigenvalue weighted by Gasteiger charge is 2.01. The lowest BCUT2D eigenvalue weighted by molar-refractivity contribution is -0.118. The molecular weight excluding hydrogens is 206 g/mol. The van der Waals surface area contributed by atoms with Gasteiger partial charge in [0.05, 0.1) is 5.75 Å². The Labute approximate surface area is 84.3 Å². The van der Waals surface area contributed by atoms with E-state index in [4.69, 9.17) is 4.55 Å². The van der Waals surface area contributed by atoms with Crippen LogP contribution in [0.4, 0.5) is 0 Å². The Morgan fingerprint density at radius 1 is 1.50 bits per heavy atom. The van der Waals surface area contributed by atoms with Crippen LogP contribution in [0.1, 0.15) is 13.8 Å². The van der Waals surface area contributed by atoms with Gasteiger partial charge in [-0.05, 0) is 13.1 Å². The Morgan fingerprint density at radius 2 is 1.93 bits per heavy atom. The van der Waals surface area contributed by atoms with Crippen molar-refractivity contribution < 1.29 is 17.8 Å². The van der Waals surface area contributed by atoms with Crippen LogP contribution in [0.2, 0.25) is 0 Å². The fourth-order valence-electron chi connectivity index (χ4n) is 0.455. The van der Waals surface area contributed by atoms with Crippen molar-refractivity contribution in [2.24, 2.45) is 0 Å². The van der Waals surface area contributed by atoms with Crippen LogP contribution < -0.4 is 5.32 Å². The largest absolute Gasteiger partial charge is 0.334 e. The molecule has 0 saturated carbocycles. The lowest BCUT2D eigenvalue weighted by atomic mass is 10.4. The number of carbonyl (C=O) groups is 1. The van der Waals surface area contributed by atoms with Gasteiger partial charge in [0.25, 0.3) is 10.1 Å². The molecule has 0 aromatic heterocycles. The summed E-state index contributed by atoms with van der Waals surface area (Å²) >= 11 is 0. The van der Waals surface area contributed by atoms with Crippen molar-refractivity contribution in [2.75, 3.05) is 5.75 Å². The first-order chi connectivity index (χ1) is 6.19. The van der Waals surface area contributed by atoms with E-state index in [-0.39, 0.29) is 11.7 Å². The maximum Gasteiger partial charge on any atom is 0.268 e. The number of nitrogens with one attached hydrogen (secondary N) is 1. The molecule has 0 spiro atoms. The van der Waals surface area contributed by atoms with Crippen LogP contribution in [-0.4, -0.2) is 24.6 Å². The van der Waals surface area contributed by atoms with Gasteiger partial charge in [0.15, 0.2) is 0 Å². The van der Waals surface area contributed by atoms with Gasteiger partial charge >= 0.3 is 0 Å². The summed E-state index contributed by atoms with van der Waals surface area (Å²) in [5.74, 6) is -0.419. The van der Waals surface area contributed by atoms with Crippen molar-refractivity contribution in [1.82, 2.24) is 5.32 Å². The summed E-state index contributed by atoms with van der Waals surface area (Å²) < 4.78 is 28.0. The molecule has 2 N–H and O–H groups in total. The van der Waals surface area contributed by atoms with Crippen molar-refractivity contribution in [3.8, 4) is 0 Å². The third-order valence-electron chi connectivity index (χ3n) is 0.734. The van der Waals surface area contributed by atoms with Gasteiger partial charge < -0.3 is 5.32 Å². The van der Waals surface area contributed by atoms with Gasteiger partial charge in [-0.3, -0.25) is 9.35 Å². The zero-order valence-electron chi connectivity index (χ0n) is 8.28. The molecule has 0 rings (SSSR count). The average molecular weight is 221 g/mol. The third kappa shape index (κ3) is 22.4. The predicted octanol–water partition coefficient (Wildman–Crippen LogP) is 0.716. The zero-order chi connectivity index (χ0) is 11.8. The number of carbonyl (C=O) groups excluding carboxylic acids is 1. The molecule has 82 valence electrons. The fourth-order valence-corrected chi connectivity index (χ4v) is 1.08. The second kappa shape index (κ2) is 7.28. The van der Waals surface area contributed by atoms with E-state index in [2.05, 4.69) is 18.5 Å². The molecule has 0 aromatic carbocycles. The molecule has 0 atom stereocenters. The van der Waals surface area contributed by atoms with Crippen LogP contribution in [0.5, 0.6) is 0 Å². The average Bonchev–Trinajstić information content (AvgIpc) is 1.80. The summed E-state index contributed by atoms with van der Waals surface area (Å²) in [7, 11) is -3.82. The highest BCUT2D eigenvalue weighted by Crippen LogP contribution is 1.91. The second-order valence-electron chi connectivity index (χ2n) is 2.59. The molecule has 0 aliphatic heterocycles. The molecule has 0 radical (unpaired) electrons. The van der Waals surface area contributed by atoms with Crippen molar-refractivity contribution >= 4 is 16.0 Å². The van der Waals surface area contributed by atoms with Gasteiger partial charge in [0, 0.05) is 6.92 Å². The van der Waals surface area contributed by atoms with E-state index in [1.165, 1.54) is 20.0 Å². The molecule has 0 fully saturated rings. The summed E-state index contributed by atoms with van der Waals surface area (Å²) in [5, 5.41) is 2.33. The van der Waals surface area contributed by atoms with E-state index in [9.17, 15) is 13.2 Å². The van der Waals surface area contributed by atoms with Crippen molar-refractivity contribution in [3.05, 3.63) is 24.9 Å². The summed E-state index contributed by atoms with van der Waals surface area (Å²) in [5.41, 5.74) is 0.438. The normalized spacial score (nSPS) is 9.36. The second-order valence-corrected chi connectivity index (χ2v) is 4.04. The first kappa shape index (κ1) is 15.3. The highest BCUT2D eigenvalue weighted by atomic mass is 32.2. The molecule has 14 heavy (non-hydrogen) atoms. The van der Waals surface area contributed by atoms with Gasteiger partial charge in [-0.2, -0.15) is 8.42 Å². The first-order valence-corrected chi connectivity index (χ1v) is 5.27. The smallest absolute Gasteiger partial charge is 0.268 e. The molecule has 0 heterocycles. The van der Waals surface area contributed by atoms with Crippen molar-refractivity contribution in [1.29, 1.82) is 0 Å². The molecule has 0 aromatic rings. The third-order valence-corrected chi connectivity index (χ3v) is 1.59. The van der Waals surface area contributed by atoms with Crippen LogP contribution in [-0.2, 0) is 14.9 Å². The topological polar surface area (TPSA) is 83.5 Å². The number of hydrogen-bond donors (Lipinski definition) is 2. The summed E-state index contributed by atoms with van der Waals surface area (Å²) in [6.45, 7) is 9.54. The Bertz CT molecular complexity index is 305. The highest BCUT2D eigenvalue weighted by molar-refractivity contribution is 7.85. The summed E-state index contributed by atoms with van der Waals surface area (Å²) in [4.78, 5) is 9.86. The number of amides is 1. The van der Waals surface area contributed by atoms with Crippen LogP contribution in [0, 0.1) is 0 Å². The maximum atomic E-state index is 9.94. The Kier molecular flexibility index (Phi) is 7.98. The van der Waals surface area contributed by atoms with Crippen molar-refractivity contribution in [3.63, 3.8) is 0 Å². The molecule has 6 heteroatoms. The molecule has 0 unspecified atom stereocenters. The van der Waals surface area contributed by atoms with Gasteiger partial charge in [-0.25, -0.2) is 0 Å². The quantitative estimate of drug-likeness (QED) is 0.543. The summed E-state index contributed by atoms with van der Waals surface area (Å²) in [6.07, 6.45) is 1.35. The van der Waals surface area contributed by atoms with Gasteiger partial charge in [-0.1, -0.05) is 18.7 Å².